The minimum atomic E-state index is -0.0928. The molecular formula is C21H42BN2O3. The summed E-state index contributed by atoms with van der Waals surface area (Å²) < 4.78 is 4.76. The summed E-state index contributed by atoms with van der Waals surface area (Å²) in [5, 5.41) is 11.3. The smallest absolute Gasteiger partial charge is 0.537 e. The summed E-state index contributed by atoms with van der Waals surface area (Å²) in [6.45, 7) is 18.0. The molecule has 0 aliphatic heterocycles. The molecule has 157 valence electrons. The molecule has 0 aromatic heterocycles. The second-order valence-electron chi connectivity index (χ2n) is 5.72. The number of carbonyl (C=O) groups is 1. The fourth-order valence-electron chi connectivity index (χ4n) is 1.43. The third-order valence-electron chi connectivity index (χ3n) is 3.71. The van der Waals surface area contributed by atoms with Crippen LogP contribution in [0.25, 0.3) is 0 Å². The van der Waals surface area contributed by atoms with Crippen LogP contribution in [-0.2, 0) is 0 Å². The van der Waals surface area contributed by atoms with Gasteiger partial charge in [-0.15, -0.1) is 0 Å². The van der Waals surface area contributed by atoms with Gasteiger partial charge in [0.05, 0.1) is 0 Å². The number of carbonyl (C=O) groups excluding carboxylic acids is 1. The number of benzene rings is 1. The predicted octanol–water partition coefficient (Wildman–Crippen LogP) is 4.41. The van der Waals surface area contributed by atoms with Gasteiger partial charge in [0.1, 0.15) is 5.75 Å². The van der Waals surface area contributed by atoms with Gasteiger partial charge in [-0.3, -0.25) is 4.79 Å². The first-order valence-corrected chi connectivity index (χ1v) is 10.2. The molecule has 6 heteroatoms. The van der Waals surface area contributed by atoms with E-state index in [-0.39, 0.29) is 5.91 Å². The van der Waals surface area contributed by atoms with Gasteiger partial charge in [-0.25, -0.2) is 0 Å². The Balaban J connectivity index is -0.000000484. The second kappa shape index (κ2) is 22.5. The lowest BCUT2D eigenvalue weighted by molar-refractivity contribution is 0.0948. The molecule has 0 saturated heterocycles. The van der Waals surface area contributed by atoms with Gasteiger partial charge >= 0.3 is 7.69 Å². The lowest BCUT2D eigenvalue weighted by Crippen LogP contribution is -2.27. The van der Waals surface area contributed by atoms with E-state index in [2.05, 4.69) is 33.0 Å². The van der Waals surface area contributed by atoms with Crippen molar-refractivity contribution >= 4 is 13.6 Å². The van der Waals surface area contributed by atoms with E-state index in [0.29, 0.717) is 37.4 Å². The average molecular weight is 381 g/mol. The molecule has 0 aliphatic rings. The normalized spacial score (nSPS) is 11.0. The average Bonchev–Trinajstić information content (AvgIpc) is 2.75. The van der Waals surface area contributed by atoms with E-state index in [4.69, 9.17) is 15.4 Å². The molecule has 27 heavy (non-hydrogen) atoms. The van der Waals surface area contributed by atoms with Gasteiger partial charge in [0, 0.05) is 12.1 Å². The Bertz CT molecular complexity index is 424. The standard InChI is InChI=1S/C12H17BNO3.C5H13N.2C2H6/c1-3-9(2)8-14-12(15)10-4-6-11(7-5-10)17-13-16;1-3-5(2)4-6;2*1-2/h4-7,9,16H,3,8H2,1-2H3,(H,14,15);5H,3-4,6H2,1-2H3;2*1-2H3. The third kappa shape index (κ3) is 17.6. The summed E-state index contributed by atoms with van der Waals surface area (Å²) in [6.07, 6.45) is 2.25. The van der Waals surface area contributed by atoms with Crippen molar-refractivity contribution in [2.24, 2.45) is 17.6 Å². The first kappa shape index (κ1) is 30.2. The highest BCUT2D eigenvalue weighted by Gasteiger charge is 2.07. The van der Waals surface area contributed by atoms with E-state index < -0.39 is 0 Å². The van der Waals surface area contributed by atoms with Gasteiger partial charge in [-0.05, 0) is 42.6 Å². The number of hydrogen-bond acceptors (Lipinski definition) is 4. The van der Waals surface area contributed by atoms with E-state index in [0.717, 1.165) is 13.0 Å². The Morgan fingerprint density at radius 1 is 1.07 bits per heavy atom. The molecule has 0 aliphatic carbocycles. The fraction of sp³-hybridized carbons (Fsp3) is 0.667. The van der Waals surface area contributed by atoms with Crippen LogP contribution in [-0.4, -0.2) is 31.7 Å². The van der Waals surface area contributed by atoms with Gasteiger partial charge in [-0.1, -0.05) is 68.2 Å². The van der Waals surface area contributed by atoms with Crippen molar-refractivity contribution in [1.82, 2.24) is 5.32 Å². The van der Waals surface area contributed by atoms with Crippen LogP contribution < -0.4 is 15.7 Å². The summed E-state index contributed by atoms with van der Waals surface area (Å²) in [5.74, 6) is 1.59. The zero-order valence-electron chi connectivity index (χ0n) is 18.7. The molecule has 0 saturated carbocycles. The van der Waals surface area contributed by atoms with Crippen molar-refractivity contribution in [2.75, 3.05) is 13.1 Å². The maximum Gasteiger partial charge on any atom is 0.569 e. The zero-order valence-corrected chi connectivity index (χ0v) is 18.7. The Hall–Kier alpha value is -1.53. The number of rotatable bonds is 8. The first-order valence-electron chi connectivity index (χ1n) is 10.2. The van der Waals surface area contributed by atoms with Gasteiger partial charge in [0.25, 0.3) is 5.91 Å². The lowest BCUT2D eigenvalue weighted by atomic mass is 10.1. The van der Waals surface area contributed by atoms with Crippen LogP contribution in [0.4, 0.5) is 0 Å². The highest BCUT2D eigenvalue weighted by molar-refractivity contribution is 6.17. The minimum Gasteiger partial charge on any atom is -0.537 e. The lowest BCUT2D eigenvalue weighted by Gasteiger charge is -2.10. The third-order valence-corrected chi connectivity index (χ3v) is 3.71. The molecule has 1 aromatic rings. The van der Waals surface area contributed by atoms with Crippen LogP contribution in [0.3, 0.4) is 0 Å². The van der Waals surface area contributed by atoms with E-state index in [1.165, 1.54) is 6.42 Å². The topological polar surface area (TPSA) is 84.6 Å². The highest BCUT2D eigenvalue weighted by atomic mass is 16.5. The quantitative estimate of drug-likeness (QED) is 0.582. The van der Waals surface area contributed by atoms with Crippen molar-refractivity contribution < 1.29 is 14.5 Å². The molecule has 1 radical (unpaired) electrons. The van der Waals surface area contributed by atoms with Crippen molar-refractivity contribution in [2.45, 2.75) is 68.2 Å². The number of amides is 1. The SMILES string of the molecule is CC.CC.CCC(C)CN.CCC(C)CNC(=O)c1ccc(O[B]O)cc1. The predicted molar refractivity (Wildman–Crippen MR) is 118 cm³/mol. The maximum absolute atomic E-state index is 11.7. The van der Waals surface area contributed by atoms with Crippen molar-refractivity contribution in [3.05, 3.63) is 29.8 Å². The Kier molecular flexibility index (Phi) is 25.2. The van der Waals surface area contributed by atoms with Gasteiger partial charge in [-0.2, -0.15) is 0 Å². The summed E-state index contributed by atoms with van der Waals surface area (Å²) in [6, 6.07) is 6.57. The Morgan fingerprint density at radius 3 is 1.89 bits per heavy atom. The number of nitrogens with two attached hydrogens (primary N) is 1. The molecule has 4 N–H and O–H groups in total. The fourth-order valence-corrected chi connectivity index (χ4v) is 1.43. The summed E-state index contributed by atoms with van der Waals surface area (Å²) in [7, 11) is 0.609. The van der Waals surface area contributed by atoms with Crippen LogP contribution in [0.2, 0.25) is 0 Å². The van der Waals surface area contributed by atoms with Crippen LogP contribution in [0.1, 0.15) is 78.6 Å². The number of nitrogens with one attached hydrogen (secondary N) is 1. The molecule has 0 spiro atoms. The summed E-state index contributed by atoms with van der Waals surface area (Å²) >= 11 is 0. The molecule has 0 fully saturated rings. The molecule has 0 heterocycles. The molecular weight excluding hydrogens is 339 g/mol. The molecule has 2 atom stereocenters. The van der Waals surface area contributed by atoms with E-state index in [9.17, 15) is 4.79 Å². The van der Waals surface area contributed by atoms with Crippen molar-refractivity contribution in [1.29, 1.82) is 0 Å². The van der Waals surface area contributed by atoms with E-state index in [1.807, 2.05) is 27.7 Å². The van der Waals surface area contributed by atoms with Gasteiger partial charge in [0.15, 0.2) is 0 Å². The Labute approximate surface area is 168 Å². The molecule has 1 aromatic carbocycles. The van der Waals surface area contributed by atoms with Crippen LogP contribution in [0.5, 0.6) is 5.75 Å². The highest BCUT2D eigenvalue weighted by Crippen LogP contribution is 2.11. The monoisotopic (exact) mass is 381 g/mol. The molecule has 2 unspecified atom stereocenters. The van der Waals surface area contributed by atoms with Crippen molar-refractivity contribution in [3.8, 4) is 5.75 Å². The van der Waals surface area contributed by atoms with Crippen molar-refractivity contribution in [3.63, 3.8) is 0 Å². The molecule has 1 rings (SSSR count). The van der Waals surface area contributed by atoms with Gasteiger partial charge < -0.3 is 20.7 Å². The first-order chi connectivity index (χ1) is 13.0. The number of hydrogen-bond donors (Lipinski definition) is 3. The Morgan fingerprint density at radius 2 is 1.56 bits per heavy atom. The second-order valence-corrected chi connectivity index (χ2v) is 5.72. The van der Waals surface area contributed by atoms with Crippen LogP contribution >= 0.6 is 0 Å². The molecule has 0 bridgehead atoms. The van der Waals surface area contributed by atoms with Crippen LogP contribution in [0.15, 0.2) is 24.3 Å². The zero-order chi connectivity index (χ0) is 21.7. The maximum atomic E-state index is 11.7. The summed E-state index contributed by atoms with van der Waals surface area (Å²) in [5.41, 5.74) is 5.86. The molecule has 1 amide bonds. The van der Waals surface area contributed by atoms with Crippen LogP contribution in [0, 0.1) is 11.8 Å². The summed E-state index contributed by atoms with van der Waals surface area (Å²) in [4.78, 5) is 11.7. The minimum absolute atomic E-state index is 0.0928. The largest absolute Gasteiger partial charge is 0.569 e. The van der Waals surface area contributed by atoms with E-state index >= 15 is 0 Å². The molecule has 5 nitrogen and oxygen atoms in total. The van der Waals surface area contributed by atoms with Gasteiger partial charge in [0.2, 0.25) is 0 Å². The van der Waals surface area contributed by atoms with E-state index in [1.54, 1.807) is 24.3 Å².